The second-order valence-electron chi connectivity index (χ2n) is 5.64. The Morgan fingerprint density at radius 2 is 2.04 bits per heavy atom. The minimum atomic E-state index is -0.493. The molecule has 2 aromatic rings. The molecule has 3 rings (SSSR count). The molecular formula is C16H18ClN5O3. The van der Waals surface area contributed by atoms with E-state index in [9.17, 15) is 10.1 Å². The number of anilines is 2. The minimum Gasteiger partial charge on any atom is -0.376 e. The number of hydrogen-bond donors (Lipinski definition) is 2. The summed E-state index contributed by atoms with van der Waals surface area (Å²) < 4.78 is 5.52. The zero-order chi connectivity index (χ0) is 17.6. The average Bonchev–Trinajstić information content (AvgIpc) is 3.12. The lowest BCUT2D eigenvalue weighted by Crippen LogP contribution is -2.20. The largest absolute Gasteiger partial charge is 0.376 e. The number of benzene rings is 1. The number of nitrogens with one attached hydrogen (secondary N) is 2. The molecule has 1 atom stereocenters. The van der Waals surface area contributed by atoms with Crippen molar-refractivity contribution in [1.29, 1.82) is 0 Å². The predicted molar refractivity (Wildman–Crippen MR) is 94.9 cm³/mol. The van der Waals surface area contributed by atoms with Crippen LogP contribution in [0.1, 0.15) is 18.4 Å². The highest BCUT2D eigenvalue weighted by molar-refractivity contribution is 6.31. The molecule has 9 heteroatoms. The summed E-state index contributed by atoms with van der Waals surface area (Å²) in [7, 11) is 0. The van der Waals surface area contributed by atoms with Gasteiger partial charge in [0, 0.05) is 24.7 Å². The molecule has 1 saturated heterocycles. The maximum atomic E-state index is 11.5. The van der Waals surface area contributed by atoms with Crippen LogP contribution in [0, 0.1) is 10.1 Å². The monoisotopic (exact) mass is 363 g/mol. The molecule has 2 N–H and O–H groups in total. The van der Waals surface area contributed by atoms with Gasteiger partial charge in [-0.3, -0.25) is 10.1 Å². The fourth-order valence-corrected chi connectivity index (χ4v) is 2.85. The van der Waals surface area contributed by atoms with Crippen molar-refractivity contribution in [2.75, 3.05) is 23.8 Å². The van der Waals surface area contributed by atoms with Crippen molar-refractivity contribution in [2.24, 2.45) is 0 Å². The van der Waals surface area contributed by atoms with E-state index < -0.39 is 4.92 Å². The summed E-state index contributed by atoms with van der Waals surface area (Å²) in [5, 5.41) is 18.1. The molecule has 0 aliphatic carbocycles. The minimum absolute atomic E-state index is 0.0501. The van der Waals surface area contributed by atoms with Crippen molar-refractivity contribution in [3.8, 4) is 0 Å². The molecule has 0 spiro atoms. The van der Waals surface area contributed by atoms with E-state index in [1.807, 2.05) is 18.2 Å². The normalized spacial score (nSPS) is 16.6. The summed E-state index contributed by atoms with van der Waals surface area (Å²) >= 11 is 6.11. The number of hydrogen-bond acceptors (Lipinski definition) is 7. The summed E-state index contributed by atoms with van der Waals surface area (Å²) in [6.45, 7) is 1.52. The number of nitro groups is 1. The number of ether oxygens (including phenoxy) is 1. The first kappa shape index (κ1) is 17.4. The summed E-state index contributed by atoms with van der Waals surface area (Å²) in [6.07, 6.45) is 3.28. The topological polar surface area (TPSA) is 102 Å². The molecule has 0 bridgehead atoms. The Kier molecular flexibility index (Phi) is 5.62. The Hall–Kier alpha value is -2.45. The molecule has 1 unspecified atom stereocenters. The molecule has 25 heavy (non-hydrogen) atoms. The lowest BCUT2D eigenvalue weighted by molar-refractivity contribution is -0.383. The van der Waals surface area contributed by atoms with Crippen LogP contribution >= 0.6 is 11.6 Å². The number of rotatable bonds is 7. The summed E-state index contributed by atoms with van der Waals surface area (Å²) in [6, 6.07) is 7.29. The van der Waals surface area contributed by atoms with Crippen molar-refractivity contribution in [3.63, 3.8) is 0 Å². The SMILES string of the molecule is O=[N+]([O-])c1c(NCc2ccccc2Cl)ncnc1NCC1CCCO1. The van der Waals surface area contributed by atoms with Crippen LogP contribution in [-0.4, -0.2) is 34.1 Å². The summed E-state index contributed by atoms with van der Waals surface area (Å²) in [4.78, 5) is 19.0. The molecule has 8 nitrogen and oxygen atoms in total. The number of halogens is 1. The molecule has 1 aliphatic heterocycles. The van der Waals surface area contributed by atoms with Gasteiger partial charge in [0.15, 0.2) is 0 Å². The molecule has 1 aliphatic rings. The predicted octanol–water partition coefficient (Wildman–Crippen LogP) is 3.24. The zero-order valence-electron chi connectivity index (χ0n) is 13.4. The van der Waals surface area contributed by atoms with Crippen molar-refractivity contribution < 1.29 is 9.66 Å². The molecule has 1 fully saturated rings. The standard InChI is InChI=1S/C16H18ClN5O3/c17-13-6-2-1-4-11(13)8-18-15-14(22(23)24)16(21-10-20-15)19-9-12-5-3-7-25-12/h1-2,4,6,10,12H,3,5,7-9H2,(H2,18,19,20,21). The van der Waals surface area contributed by atoms with Crippen molar-refractivity contribution >= 4 is 28.9 Å². The fraction of sp³-hybridized carbons (Fsp3) is 0.375. The first-order chi connectivity index (χ1) is 12.1. The molecule has 1 aromatic heterocycles. The molecule has 2 heterocycles. The fourth-order valence-electron chi connectivity index (χ4n) is 2.65. The number of nitrogens with zero attached hydrogens (tertiary/aromatic N) is 3. The summed E-state index contributed by atoms with van der Waals surface area (Å²) in [5.41, 5.74) is 0.637. The quantitative estimate of drug-likeness (QED) is 0.575. The highest BCUT2D eigenvalue weighted by Crippen LogP contribution is 2.30. The summed E-state index contributed by atoms with van der Waals surface area (Å²) in [5.74, 6) is 0.326. The Labute approximate surface area is 149 Å². The van der Waals surface area contributed by atoms with Gasteiger partial charge in [0.05, 0.1) is 11.0 Å². The van der Waals surface area contributed by atoms with Crippen LogP contribution in [0.25, 0.3) is 0 Å². The molecular weight excluding hydrogens is 346 g/mol. The van der Waals surface area contributed by atoms with Gasteiger partial charge in [-0.05, 0) is 24.5 Å². The van der Waals surface area contributed by atoms with Gasteiger partial charge in [-0.1, -0.05) is 29.8 Å². The average molecular weight is 364 g/mol. The third kappa shape index (κ3) is 4.34. The highest BCUT2D eigenvalue weighted by atomic mass is 35.5. The van der Waals surface area contributed by atoms with Gasteiger partial charge in [0.2, 0.25) is 11.6 Å². The van der Waals surface area contributed by atoms with Crippen LogP contribution in [0.2, 0.25) is 5.02 Å². The molecule has 132 valence electrons. The van der Waals surface area contributed by atoms with Crippen LogP contribution in [0.15, 0.2) is 30.6 Å². The van der Waals surface area contributed by atoms with E-state index >= 15 is 0 Å². The first-order valence-electron chi connectivity index (χ1n) is 7.97. The van der Waals surface area contributed by atoms with E-state index in [-0.39, 0.29) is 23.4 Å². The van der Waals surface area contributed by atoms with E-state index in [0.29, 0.717) is 18.1 Å². The van der Waals surface area contributed by atoms with Crippen molar-refractivity contribution in [3.05, 3.63) is 51.3 Å². The Morgan fingerprint density at radius 3 is 2.72 bits per heavy atom. The third-order valence-electron chi connectivity index (χ3n) is 3.93. The van der Waals surface area contributed by atoms with E-state index in [4.69, 9.17) is 16.3 Å². The highest BCUT2D eigenvalue weighted by Gasteiger charge is 2.24. The second-order valence-corrected chi connectivity index (χ2v) is 6.04. The van der Waals surface area contributed by atoms with Crippen molar-refractivity contribution in [2.45, 2.75) is 25.5 Å². The van der Waals surface area contributed by atoms with Crippen LogP contribution in [0.5, 0.6) is 0 Å². The Morgan fingerprint density at radius 1 is 1.28 bits per heavy atom. The van der Waals surface area contributed by atoms with Crippen molar-refractivity contribution in [1.82, 2.24) is 9.97 Å². The molecule has 0 radical (unpaired) electrons. The lowest BCUT2D eigenvalue weighted by atomic mass is 10.2. The molecule has 1 aromatic carbocycles. The number of aromatic nitrogens is 2. The lowest BCUT2D eigenvalue weighted by Gasteiger charge is -2.13. The van der Waals surface area contributed by atoms with E-state index in [0.717, 1.165) is 25.0 Å². The van der Waals surface area contributed by atoms with Gasteiger partial charge >= 0.3 is 5.69 Å². The maximum Gasteiger partial charge on any atom is 0.353 e. The van der Waals surface area contributed by atoms with E-state index in [1.165, 1.54) is 6.33 Å². The van der Waals surface area contributed by atoms with Gasteiger partial charge in [0.25, 0.3) is 0 Å². The van der Waals surface area contributed by atoms with Gasteiger partial charge in [0.1, 0.15) is 6.33 Å². The first-order valence-corrected chi connectivity index (χ1v) is 8.35. The zero-order valence-corrected chi connectivity index (χ0v) is 14.2. The van der Waals surface area contributed by atoms with Crippen LogP contribution < -0.4 is 10.6 Å². The van der Waals surface area contributed by atoms with Gasteiger partial charge in [-0.2, -0.15) is 0 Å². The smallest absolute Gasteiger partial charge is 0.353 e. The van der Waals surface area contributed by atoms with Crippen LogP contribution in [-0.2, 0) is 11.3 Å². The Balaban J connectivity index is 1.75. The van der Waals surface area contributed by atoms with Crippen LogP contribution in [0.3, 0.4) is 0 Å². The molecule has 0 amide bonds. The molecule has 0 saturated carbocycles. The third-order valence-corrected chi connectivity index (χ3v) is 4.30. The van der Waals surface area contributed by atoms with E-state index in [1.54, 1.807) is 6.07 Å². The van der Waals surface area contributed by atoms with Gasteiger partial charge < -0.3 is 15.4 Å². The van der Waals surface area contributed by atoms with Crippen LogP contribution in [0.4, 0.5) is 17.3 Å². The Bertz CT molecular complexity index is 752. The maximum absolute atomic E-state index is 11.5. The van der Waals surface area contributed by atoms with Gasteiger partial charge in [-0.15, -0.1) is 0 Å². The van der Waals surface area contributed by atoms with Gasteiger partial charge in [-0.25, -0.2) is 9.97 Å². The second kappa shape index (κ2) is 8.09. The van der Waals surface area contributed by atoms with E-state index in [2.05, 4.69) is 20.6 Å².